The molecule has 7 heteroatoms. The van der Waals surface area contributed by atoms with Gasteiger partial charge in [0.05, 0.1) is 0 Å². The van der Waals surface area contributed by atoms with Crippen molar-refractivity contribution in [2.75, 3.05) is 0 Å². The van der Waals surface area contributed by atoms with Gasteiger partial charge in [0.2, 0.25) is 0 Å². The number of hydrogen-bond acceptors (Lipinski definition) is 2. The van der Waals surface area contributed by atoms with Crippen LogP contribution < -0.4 is 0 Å². The van der Waals surface area contributed by atoms with Crippen molar-refractivity contribution >= 4 is 52.7 Å². The van der Waals surface area contributed by atoms with Crippen molar-refractivity contribution in [2.45, 2.75) is 12.8 Å². The topological polar surface area (TPSA) is 34.1 Å². The molecule has 0 bridgehead atoms. The van der Waals surface area contributed by atoms with Crippen LogP contribution >= 0.6 is 26.8 Å². The Morgan fingerprint density at radius 2 is 1.80 bits per heavy atom. The van der Waals surface area contributed by atoms with Gasteiger partial charge in [0, 0.05) is 0 Å². The van der Waals surface area contributed by atoms with E-state index in [0.717, 1.165) is 6.42 Å². The van der Waals surface area contributed by atoms with Gasteiger partial charge in [-0.25, -0.2) is 12.2 Å². The van der Waals surface area contributed by atoms with Crippen molar-refractivity contribution in [3.8, 4) is 0 Å². The zero-order valence-electron chi connectivity index (χ0n) is 7.45. The molecule has 0 fully saturated rings. The Morgan fingerprint density at radius 3 is 1.87 bits per heavy atom. The third-order valence-corrected chi connectivity index (χ3v) is 1.10. The summed E-state index contributed by atoms with van der Waals surface area (Å²) < 4.78 is 0. The van der Waals surface area contributed by atoms with Crippen molar-refractivity contribution < 1.29 is 23.7 Å². The van der Waals surface area contributed by atoms with E-state index < -0.39 is 16.4 Å². The molecule has 0 saturated carbocycles. The predicted molar refractivity (Wildman–Crippen MR) is 60.9 cm³/mol. The molecule has 1 aliphatic rings. The van der Waals surface area contributed by atoms with Gasteiger partial charge in [0.1, 0.15) is 0 Å². The molecule has 0 unspecified atom stereocenters. The Morgan fingerprint density at radius 1 is 1.27 bits per heavy atom. The Kier molecular flexibility index (Phi) is 20.9. The third-order valence-electron chi connectivity index (χ3n) is 0.878. The second kappa shape index (κ2) is 17.2. The Balaban J connectivity index is 0. The molecule has 0 amide bonds. The molecule has 0 N–H and O–H groups in total. The van der Waals surface area contributed by atoms with Gasteiger partial charge in [-0.2, -0.15) is 6.08 Å². The molecule has 1 rings (SSSR count). The predicted octanol–water partition coefficient (Wildman–Crippen LogP) is 2.59. The first-order valence-corrected chi connectivity index (χ1v) is 15.5. The van der Waals surface area contributed by atoms with Crippen molar-refractivity contribution in [1.29, 1.82) is 0 Å². The molecule has 0 aromatic carbocycles. The molecule has 1 aliphatic carbocycles. The standard InChI is InChI=1S/C6H7.2CO.3ClH.Fe.Sn/c1-2-4-6-5-3-1;2*1-2;;;;;/h1-3H,4,6H2;;;3*1H;;/q-1;;;;;;;+3/p-3. The van der Waals surface area contributed by atoms with Crippen LogP contribution in [0.3, 0.4) is 0 Å². The van der Waals surface area contributed by atoms with Gasteiger partial charge in [0.15, 0.2) is 0 Å². The summed E-state index contributed by atoms with van der Waals surface area (Å²) in [5.74, 6) is 0. The minimum absolute atomic E-state index is 0.222. The van der Waals surface area contributed by atoms with E-state index in [1.165, 1.54) is 16.0 Å². The maximum absolute atomic E-state index is 9.02. The molecule has 2 nitrogen and oxygen atoms in total. The summed E-state index contributed by atoms with van der Waals surface area (Å²) in [6, 6.07) is 0. The zero-order chi connectivity index (χ0) is 11.9. The van der Waals surface area contributed by atoms with Gasteiger partial charge in [0.25, 0.3) is 0 Å². The third kappa shape index (κ3) is 31.3. The molecule has 0 atom stereocenters. The fraction of sp³-hybridized carbons (Fsp3) is 0.250. The van der Waals surface area contributed by atoms with Crippen molar-refractivity contribution in [3.05, 3.63) is 24.3 Å². The number of halogens is 3. The number of rotatable bonds is 0. The van der Waals surface area contributed by atoms with E-state index in [1.807, 2.05) is 12.2 Å². The summed E-state index contributed by atoms with van der Waals surface area (Å²) in [4.78, 5) is 20.7. The van der Waals surface area contributed by atoms with Gasteiger partial charge in [-0.3, -0.25) is 6.08 Å². The molecule has 85 valence electrons. The van der Waals surface area contributed by atoms with E-state index in [9.17, 15) is 0 Å². The summed E-state index contributed by atoms with van der Waals surface area (Å²) in [6.07, 6.45) is 11.5. The first-order chi connectivity index (χ1) is 7.15. The summed E-state index contributed by atoms with van der Waals surface area (Å²) in [7, 11) is 15.0. The maximum atomic E-state index is 9.02. The van der Waals surface area contributed by atoms with Crippen LogP contribution in [0.2, 0.25) is 0 Å². The van der Waals surface area contributed by atoms with Gasteiger partial charge in [-0.15, -0.1) is 6.42 Å². The van der Waals surface area contributed by atoms with Crippen LogP contribution in [0.5, 0.6) is 0 Å². The van der Waals surface area contributed by atoms with Crippen LogP contribution in [0, 0.1) is 6.08 Å². The Bertz CT molecular complexity index is 274. The zero-order valence-corrected chi connectivity index (χ0v) is 13.7. The van der Waals surface area contributed by atoms with Crippen LogP contribution in [0.15, 0.2) is 18.2 Å². The van der Waals surface area contributed by atoms with Crippen molar-refractivity contribution in [1.82, 2.24) is 0 Å². The molecule has 0 spiro atoms. The number of allylic oxidation sites excluding steroid dienone is 4. The van der Waals surface area contributed by atoms with E-state index in [2.05, 4.69) is 12.2 Å². The normalized spacial score (nSPS) is 11.5. The van der Waals surface area contributed by atoms with E-state index in [0.29, 0.717) is 0 Å². The quantitative estimate of drug-likeness (QED) is 0.450. The fourth-order valence-electron chi connectivity index (χ4n) is 0.497. The number of carbonyl (C=O) groups excluding carboxylic acids is 2. The van der Waals surface area contributed by atoms with E-state index in [4.69, 9.17) is 36.4 Å². The molecule has 0 aliphatic heterocycles. The average Bonchev–Trinajstić information content (AvgIpc) is 2.22. The second-order valence-corrected chi connectivity index (χ2v) is 15.2. The molecule has 0 aromatic heterocycles. The van der Waals surface area contributed by atoms with Crippen LogP contribution in [0.1, 0.15) is 12.8 Å². The first-order valence-electron chi connectivity index (χ1n) is 3.55. The average molecular weight is 416 g/mol. The van der Waals surface area contributed by atoms with Crippen molar-refractivity contribution in [3.63, 3.8) is 0 Å². The van der Waals surface area contributed by atoms with Crippen LogP contribution in [-0.4, -0.2) is 26.0 Å². The van der Waals surface area contributed by atoms with Crippen molar-refractivity contribution in [2.24, 2.45) is 0 Å². The van der Waals surface area contributed by atoms with E-state index >= 15 is 0 Å². The van der Waals surface area contributed by atoms with Crippen LogP contribution in [0.4, 0.5) is 0 Å². The molecule has 0 aromatic rings. The van der Waals surface area contributed by atoms with Gasteiger partial charge < -0.3 is 0 Å². The van der Waals surface area contributed by atoms with Gasteiger partial charge >= 0.3 is 76.4 Å². The number of hydrogen-bond donors (Lipinski definition) is 0. The molecule has 1 radical (unpaired) electrons. The second-order valence-electron chi connectivity index (χ2n) is 1.78. The van der Waals surface area contributed by atoms with E-state index in [1.54, 1.807) is 0 Å². The molecular weight excluding hydrogens is 409 g/mol. The molecule has 0 saturated heterocycles. The SMILES string of the molecule is O=[C]=[Fe]=[C]=O.[C-]1=CC=CCC1.[Cl][Sn]([Cl])[Cl]. The summed E-state index contributed by atoms with van der Waals surface area (Å²) in [6.45, 7) is 0. The van der Waals surface area contributed by atoms with Crippen LogP contribution in [0.25, 0.3) is 0 Å². The molecule has 0 heterocycles. The summed E-state index contributed by atoms with van der Waals surface area (Å²) in [5.41, 5.74) is 0. The summed E-state index contributed by atoms with van der Waals surface area (Å²) >= 11 is -2.35. The molecule has 15 heavy (non-hydrogen) atoms. The Hall–Kier alpha value is 0.828. The molecular formula is C8H7Cl3FeO2Sn-. The van der Waals surface area contributed by atoms with Gasteiger partial charge in [-0.05, 0) is 0 Å². The first kappa shape index (κ1) is 18.2. The Labute approximate surface area is 112 Å². The van der Waals surface area contributed by atoms with Gasteiger partial charge in [-0.1, -0.05) is 6.42 Å². The fourth-order valence-corrected chi connectivity index (χ4v) is 0.543. The van der Waals surface area contributed by atoms with Crippen LogP contribution in [-0.2, 0) is 23.7 Å². The van der Waals surface area contributed by atoms with E-state index in [-0.39, 0.29) is 14.1 Å². The summed E-state index contributed by atoms with van der Waals surface area (Å²) in [5, 5.41) is 0. The monoisotopic (exact) mass is 416 g/mol. The minimum atomic E-state index is -2.13.